The lowest BCUT2D eigenvalue weighted by atomic mass is 10.1. The van der Waals surface area contributed by atoms with E-state index in [4.69, 9.17) is 4.98 Å². The van der Waals surface area contributed by atoms with Crippen molar-refractivity contribution in [1.82, 2.24) is 14.9 Å². The third kappa shape index (κ3) is 4.48. The van der Waals surface area contributed by atoms with Crippen molar-refractivity contribution < 1.29 is 9.59 Å². The van der Waals surface area contributed by atoms with Crippen LogP contribution in [0.15, 0.2) is 78.9 Å². The minimum Gasteiger partial charge on any atom is -0.342 e. The van der Waals surface area contributed by atoms with Crippen LogP contribution >= 0.6 is 0 Å². The molecule has 0 aliphatic heterocycles. The normalized spacial score (nSPS) is 11.8. The summed E-state index contributed by atoms with van der Waals surface area (Å²) < 4.78 is 1.86. The fraction of sp³-hybridized carbons (Fsp3) is 0.160. The summed E-state index contributed by atoms with van der Waals surface area (Å²) in [5.74, 6) is 0.303. The van der Waals surface area contributed by atoms with Crippen LogP contribution in [0.2, 0.25) is 0 Å². The minimum absolute atomic E-state index is 0.0926. The lowest BCUT2D eigenvalue weighted by Gasteiger charge is -2.17. The second-order valence-electron chi connectivity index (χ2n) is 7.47. The monoisotopic (exact) mass is 412 g/mol. The number of fused-ring (bicyclic) bond motifs is 1. The van der Waals surface area contributed by atoms with Gasteiger partial charge < -0.3 is 15.2 Å². The van der Waals surface area contributed by atoms with Crippen LogP contribution in [0.4, 0.5) is 5.69 Å². The van der Waals surface area contributed by atoms with E-state index in [9.17, 15) is 9.59 Å². The van der Waals surface area contributed by atoms with Crippen LogP contribution in [-0.4, -0.2) is 21.4 Å². The molecule has 1 aromatic heterocycles. The van der Waals surface area contributed by atoms with Crippen molar-refractivity contribution >= 4 is 28.5 Å². The Morgan fingerprint density at radius 3 is 2.39 bits per heavy atom. The molecule has 0 bridgehead atoms. The summed E-state index contributed by atoms with van der Waals surface area (Å²) >= 11 is 0. The number of hydrogen-bond donors (Lipinski definition) is 2. The molecule has 0 aliphatic rings. The molecule has 156 valence electrons. The van der Waals surface area contributed by atoms with E-state index in [-0.39, 0.29) is 24.4 Å². The Bertz CT molecular complexity index is 1230. The molecule has 6 nitrogen and oxygen atoms in total. The van der Waals surface area contributed by atoms with Crippen LogP contribution in [0.3, 0.4) is 0 Å². The molecule has 3 aromatic carbocycles. The highest BCUT2D eigenvalue weighted by Crippen LogP contribution is 2.22. The molecule has 4 rings (SSSR count). The number of para-hydroxylation sites is 3. The number of benzene rings is 3. The molecule has 0 aliphatic carbocycles. The molecule has 0 saturated carbocycles. The van der Waals surface area contributed by atoms with Gasteiger partial charge in [-0.3, -0.25) is 9.59 Å². The number of rotatable bonds is 6. The maximum atomic E-state index is 12.8. The lowest BCUT2D eigenvalue weighted by Crippen LogP contribution is -2.30. The van der Waals surface area contributed by atoms with E-state index < -0.39 is 0 Å². The van der Waals surface area contributed by atoms with E-state index in [1.54, 1.807) is 6.07 Å². The Labute approximate surface area is 180 Å². The largest absolute Gasteiger partial charge is 0.342 e. The first-order valence-electron chi connectivity index (χ1n) is 10.2. The Morgan fingerprint density at radius 2 is 1.61 bits per heavy atom. The van der Waals surface area contributed by atoms with E-state index >= 15 is 0 Å². The van der Waals surface area contributed by atoms with Crippen LogP contribution in [-0.2, 0) is 11.3 Å². The third-order valence-electron chi connectivity index (χ3n) is 5.17. The zero-order valence-electron chi connectivity index (χ0n) is 17.5. The van der Waals surface area contributed by atoms with E-state index in [1.807, 2.05) is 91.2 Å². The van der Waals surface area contributed by atoms with Gasteiger partial charge in [0, 0.05) is 11.3 Å². The van der Waals surface area contributed by atoms with Crippen molar-refractivity contribution in [2.75, 3.05) is 5.32 Å². The van der Waals surface area contributed by atoms with Gasteiger partial charge in [-0.05, 0) is 49.7 Å². The number of amides is 2. The maximum absolute atomic E-state index is 12.8. The first kappa shape index (κ1) is 20.3. The van der Waals surface area contributed by atoms with Crippen molar-refractivity contribution in [3.8, 4) is 0 Å². The number of nitrogens with zero attached hydrogens (tertiary/aromatic N) is 2. The number of anilines is 1. The van der Waals surface area contributed by atoms with Gasteiger partial charge in [0.2, 0.25) is 5.91 Å². The highest BCUT2D eigenvalue weighted by atomic mass is 16.2. The Balaban J connectivity index is 1.60. The van der Waals surface area contributed by atoms with Gasteiger partial charge in [-0.2, -0.15) is 0 Å². The van der Waals surface area contributed by atoms with Gasteiger partial charge in [0.1, 0.15) is 12.4 Å². The molecule has 0 fully saturated rings. The number of hydrogen-bond acceptors (Lipinski definition) is 3. The fourth-order valence-corrected chi connectivity index (χ4v) is 3.62. The average Bonchev–Trinajstić information content (AvgIpc) is 3.13. The van der Waals surface area contributed by atoms with Gasteiger partial charge in [-0.1, -0.05) is 48.5 Å². The summed E-state index contributed by atoms with van der Waals surface area (Å²) in [5.41, 5.74) is 3.89. The number of imidazole rings is 1. The summed E-state index contributed by atoms with van der Waals surface area (Å²) in [7, 11) is 0. The first-order chi connectivity index (χ1) is 15.0. The number of carbonyl (C=O) groups excluding carboxylic acids is 2. The second-order valence-corrected chi connectivity index (χ2v) is 7.47. The van der Waals surface area contributed by atoms with Crippen molar-refractivity contribution in [2.24, 2.45) is 0 Å². The summed E-state index contributed by atoms with van der Waals surface area (Å²) in [6.45, 7) is 3.88. The van der Waals surface area contributed by atoms with Crippen LogP contribution in [0.1, 0.15) is 34.7 Å². The molecule has 1 atom stereocenters. The van der Waals surface area contributed by atoms with Gasteiger partial charge >= 0.3 is 0 Å². The number of nitrogens with one attached hydrogen (secondary N) is 2. The van der Waals surface area contributed by atoms with Crippen molar-refractivity contribution in [3.05, 3.63) is 95.8 Å². The lowest BCUT2D eigenvalue weighted by molar-refractivity contribution is -0.116. The van der Waals surface area contributed by atoms with E-state index in [1.165, 1.54) is 0 Å². The molecule has 0 spiro atoms. The molecule has 4 aromatic rings. The molecular weight excluding hydrogens is 388 g/mol. The van der Waals surface area contributed by atoms with Crippen molar-refractivity contribution in [1.29, 1.82) is 0 Å². The van der Waals surface area contributed by atoms with Crippen LogP contribution in [0.25, 0.3) is 11.0 Å². The maximum Gasteiger partial charge on any atom is 0.252 e. The Morgan fingerprint density at radius 1 is 0.935 bits per heavy atom. The highest BCUT2D eigenvalue weighted by Gasteiger charge is 2.21. The molecule has 2 N–H and O–H groups in total. The molecule has 31 heavy (non-hydrogen) atoms. The molecule has 1 heterocycles. The third-order valence-corrected chi connectivity index (χ3v) is 5.17. The minimum atomic E-state index is -0.385. The predicted molar refractivity (Wildman–Crippen MR) is 122 cm³/mol. The number of aryl methyl sites for hydroxylation is 1. The van der Waals surface area contributed by atoms with Crippen molar-refractivity contribution in [2.45, 2.75) is 26.4 Å². The molecule has 1 unspecified atom stereocenters. The molecule has 6 heteroatoms. The van der Waals surface area contributed by atoms with Crippen molar-refractivity contribution in [3.63, 3.8) is 0 Å². The van der Waals surface area contributed by atoms with E-state index in [0.29, 0.717) is 11.4 Å². The van der Waals surface area contributed by atoms with E-state index in [2.05, 4.69) is 10.6 Å². The fourth-order valence-electron chi connectivity index (χ4n) is 3.62. The Hall–Kier alpha value is -3.93. The van der Waals surface area contributed by atoms with E-state index in [0.717, 1.165) is 22.3 Å². The number of aromatic nitrogens is 2. The Kier molecular flexibility index (Phi) is 5.80. The summed E-state index contributed by atoms with van der Waals surface area (Å²) in [6.07, 6.45) is 0. The summed E-state index contributed by atoms with van der Waals surface area (Å²) in [4.78, 5) is 30.3. The average molecular weight is 412 g/mol. The smallest absolute Gasteiger partial charge is 0.252 e. The van der Waals surface area contributed by atoms with Gasteiger partial charge in [-0.15, -0.1) is 0 Å². The van der Waals surface area contributed by atoms with Gasteiger partial charge in [0.15, 0.2) is 0 Å². The van der Waals surface area contributed by atoms with Gasteiger partial charge in [0.25, 0.3) is 5.91 Å². The van der Waals surface area contributed by atoms with Crippen LogP contribution in [0, 0.1) is 6.92 Å². The summed E-state index contributed by atoms with van der Waals surface area (Å²) in [5, 5.41) is 5.93. The highest BCUT2D eigenvalue weighted by molar-refractivity contribution is 5.96. The second kappa shape index (κ2) is 8.83. The van der Waals surface area contributed by atoms with Crippen LogP contribution in [0.5, 0.6) is 0 Å². The molecule has 2 amide bonds. The zero-order valence-corrected chi connectivity index (χ0v) is 17.5. The summed E-state index contributed by atoms with van der Waals surface area (Å²) in [6, 6.07) is 24.0. The SMILES string of the molecule is Cc1ccccc1C(=O)NC(C)c1nc2ccccc2n1CC(=O)Nc1ccccc1. The standard InChI is InChI=1S/C25H24N4O2/c1-17-10-6-7-13-20(17)25(31)26-18(2)24-28-21-14-8-9-15-22(21)29(24)16-23(30)27-19-11-4-3-5-12-19/h3-15,18H,16H2,1-2H3,(H,26,31)(H,27,30). The molecular formula is C25H24N4O2. The zero-order chi connectivity index (χ0) is 21.8. The topological polar surface area (TPSA) is 76.0 Å². The number of carbonyl (C=O) groups is 2. The first-order valence-corrected chi connectivity index (χ1v) is 10.2. The molecule has 0 radical (unpaired) electrons. The van der Waals surface area contributed by atoms with Crippen LogP contribution < -0.4 is 10.6 Å². The predicted octanol–water partition coefficient (Wildman–Crippen LogP) is 4.47. The quantitative estimate of drug-likeness (QED) is 0.490. The van der Waals surface area contributed by atoms with Gasteiger partial charge in [-0.25, -0.2) is 4.98 Å². The van der Waals surface area contributed by atoms with Gasteiger partial charge in [0.05, 0.1) is 17.1 Å². The molecule has 0 saturated heterocycles.